The van der Waals surface area contributed by atoms with Crippen LogP contribution < -0.4 is 5.32 Å². The lowest BCUT2D eigenvalue weighted by molar-refractivity contribution is -0.143. The summed E-state index contributed by atoms with van der Waals surface area (Å²) in [5.41, 5.74) is 0. The summed E-state index contributed by atoms with van der Waals surface area (Å²) in [6, 6.07) is -0.284. The zero-order valence-electron chi connectivity index (χ0n) is 8.82. The van der Waals surface area contributed by atoms with Crippen molar-refractivity contribution in [3.8, 4) is 0 Å². The zero-order valence-corrected chi connectivity index (χ0v) is 8.82. The fourth-order valence-electron chi connectivity index (χ4n) is 1.45. The minimum atomic E-state index is -0.311. The Balaban J connectivity index is 2.22. The molecule has 4 nitrogen and oxygen atoms in total. The number of ether oxygens (including phenoxy) is 1. The van der Waals surface area contributed by atoms with Crippen molar-refractivity contribution in [3.63, 3.8) is 0 Å². The van der Waals surface area contributed by atoms with Crippen LogP contribution in [0.4, 0.5) is 0 Å². The third-order valence-electron chi connectivity index (χ3n) is 2.63. The number of rotatable bonds is 6. The first-order valence-electron chi connectivity index (χ1n) is 5.18. The van der Waals surface area contributed by atoms with E-state index in [1.165, 1.54) is 7.11 Å². The standard InChI is InChI=1S/C10H19NO3/c1-3-8(10(13)14-2)11-6-9(12)7-4-5-7/h7-9,11-12H,3-6H2,1-2H3. The van der Waals surface area contributed by atoms with E-state index in [1.807, 2.05) is 6.92 Å². The van der Waals surface area contributed by atoms with Gasteiger partial charge in [0.05, 0.1) is 13.2 Å². The third-order valence-corrected chi connectivity index (χ3v) is 2.63. The number of aliphatic hydroxyl groups is 1. The van der Waals surface area contributed by atoms with Crippen molar-refractivity contribution < 1.29 is 14.6 Å². The minimum absolute atomic E-state index is 0.254. The highest BCUT2D eigenvalue weighted by molar-refractivity contribution is 5.75. The van der Waals surface area contributed by atoms with Crippen LogP contribution in [0.2, 0.25) is 0 Å². The average Bonchev–Trinajstić information content (AvgIpc) is 3.01. The second-order valence-corrected chi connectivity index (χ2v) is 3.80. The molecule has 4 heteroatoms. The molecule has 0 saturated heterocycles. The molecule has 0 bridgehead atoms. The number of esters is 1. The van der Waals surface area contributed by atoms with Crippen molar-refractivity contribution >= 4 is 5.97 Å². The largest absolute Gasteiger partial charge is 0.468 e. The molecular formula is C10H19NO3. The van der Waals surface area contributed by atoms with Gasteiger partial charge in [-0.15, -0.1) is 0 Å². The first kappa shape index (κ1) is 11.5. The Morgan fingerprint density at radius 1 is 1.64 bits per heavy atom. The van der Waals surface area contributed by atoms with E-state index in [-0.39, 0.29) is 18.1 Å². The lowest BCUT2D eigenvalue weighted by Crippen LogP contribution is -2.41. The average molecular weight is 201 g/mol. The van der Waals surface area contributed by atoms with Crippen LogP contribution in [0.15, 0.2) is 0 Å². The van der Waals surface area contributed by atoms with E-state index in [0.717, 1.165) is 12.8 Å². The molecule has 2 N–H and O–H groups in total. The normalized spacial score (nSPS) is 20.2. The smallest absolute Gasteiger partial charge is 0.322 e. The van der Waals surface area contributed by atoms with Crippen LogP contribution >= 0.6 is 0 Å². The SMILES string of the molecule is CCC(NCC(O)C1CC1)C(=O)OC. The summed E-state index contributed by atoms with van der Waals surface area (Å²) < 4.78 is 4.63. The van der Waals surface area contributed by atoms with Crippen LogP contribution in [0, 0.1) is 5.92 Å². The number of aliphatic hydroxyl groups excluding tert-OH is 1. The molecule has 0 aromatic heterocycles. The van der Waals surface area contributed by atoms with Crippen molar-refractivity contribution in [1.29, 1.82) is 0 Å². The predicted molar refractivity (Wildman–Crippen MR) is 52.8 cm³/mol. The van der Waals surface area contributed by atoms with Crippen molar-refractivity contribution in [2.24, 2.45) is 5.92 Å². The van der Waals surface area contributed by atoms with Gasteiger partial charge in [0.2, 0.25) is 0 Å². The molecule has 0 spiro atoms. The molecule has 0 heterocycles. The van der Waals surface area contributed by atoms with Crippen LogP contribution in [0.25, 0.3) is 0 Å². The molecule has 2 atom stereocenters. The summed E-state index contributed by atoms with van der Waals surface area (Å²) in [5, 5.41) is 12.6. The number of carbonyl (C=O) groups excluding carboxylic acids is 1. The van der Waals surface area contributed by atoms with Crippen molar-refractivity contribution in [3.05, 3.63) is 0 Å². The van der Waals surface area contributed by atoms with Gasteiger partial charge in [-0.1, -0.05) is 6.92 Å². The highest BCUT2D eigenvalue weighted by Crippen LogP contribution is 2.32. The van der Waals surface area contributed by atoms with E-state index in [9.17, 15) is 9.90 Å². The first-order valence-corrected chi connectivity index (χ1v) is 5.18. The second-order valence-electron chi connectivity index (χ2n) is 3.80. The van der Waals surface area contributed by atoms with E-state index in [2.05, 4.69) is 10.1 Å². The molecule has 1 saturated carbocycles. The van der Waals surface area contributed by atoms with Gasteiger partial charge in [0.1, 0.15) is 6.04 Å². The summed E-state index contributed by atoms with van der Waals surface area (Å²) in [7, 11) is 1.38. The van der Waals surface area contributed by atoms with Gasteiger partial charge in [-0.3, -0.25) is 4.79 Å². The van der Waals surface area contributed by atoms with E-state index < -0.39 is 0 Å². The van der Waals surface area contributed by atoms with Crippen molar-refractivity contribution in [2.75, 3.05) is 13.7 Å². The summed E-state index contributed by atoms with van der Waals surface area (Å²) in [6.45, 7) is 2.40. The van der Waals surface area contributed by atoms with Crippen LogP contribution in [0.5, 0.6) is 0 Å². The Morgan fingerprint density at radius 2 is 2.29 bits per heavy atom. The molecule has 1 aliphatic rings. The monoisotopic (exact) mass is 201 g/mol. The summed E-state index contributed by atoms with van der Waals surface area (Å²) >= 11 is 0. The van der Waals surface area contributed by atoms with Crippen LogP contribution in [0.1, 0.15) is 26.2 Å². The number of hydrogen-bond donors (Lipinski definition) is 2. The van der Waals surface area contributed by atoms with Crippen molar-refractivity contribution in [2.45, 2.75) is 38.3 Å². The van der Waals surface area contributed by atoms with Gasteiger partial charge in [0, 0.05) is 6.54 Å². The molecule has 0 aromatic carbocycles. The van der Waals surface area contributed by atoms with E-state index in [1.54, 1.807) is 0 Å². The number of nitrogens with one attached hydrogen (secondary N) is 1. The fraction of sp³-hybridized carbons (Fsp3) is 0.900. The topological polar surface area (TPSA) is 58.6 Å². The maximum Gasteiger partial charge on any atom is 0.322 e. The molecule has 0 radical (unpaired) electrons. The maximum absolute atomic E-state index is 11.2. The van der Waals surface area contributed by atoms with Crippen LogP contribution in [-0.4, -0.2) is 36.9 Å². The zero-order chi connectivity index (χ0) is 10.6. The molecule has 0 amide bonds. The lowest BCUT2D eigenvalue weighted by atomic mass is 10.2. The van der Waals surface area contributed by atoms with Gasteiger partial charge in [0.25, 0.3) is 0 Å². The lowest BCUT2D eigenvalue weighted by Gasteiger charge is -2.17. The van der Waals surface area contributed by atoms with Gasteiger partial charge in [-0.25, -0.2) is 0 Å². The molecule has 82 valence electrons. The maximum atomic E-state index is 11.2. The molecule has 14 heavy (non-hydrogen) atoms. The van der Waals surface area contributed by atoms with Gasteiger partial charge < -0.3 is 15.2 Å². The van der Waals surface area contributed by atoms with E-state index >= 15 is 0 Å². The Morgan fingerprint density at radius 3 is 2.71 bits per heavy atom. The number of methoxy groups -OCH3 is 1. The highest BCUT2D eigenvalue weighted by Gasteiger charge is 2.30. The number of hydrogen-bond acceptors (Lipinski definition) is 4. The van der Waals surface area contributed by atoms with Gasteiger partial charge in [-0.2, -0.15) is 0 Å². The Kier molecular flexibility index (Phi) is 4.35. The highest BCUT2D eigenvalue weighted by atomic mass is 16.5. The van der Waals surface area contributed by atoms with Gasteiger partial charge >= 0.3 is 5.97 Å². The van der Waals surface area contributed by atoms with Gasteiger partial charge in [-0.05, 0) is 25.2 Å². The van der Waals surface area contributed by atoms with Crippen LogP contribution in [0.3, 0.4) is 0 Å². The molecule has 1 fully saturated rings. The minimum Gasteiger partial charge on any atom is -0.468 e. The molecule has 0 aromatic rings. The van der Waals surface area contributed by atoms with E-state index in [0.29, 0.717) is 18.9 Å². The summed E-state index contributed by atoms with van der Waals surface area (Å²) in [4.78, 5) is 11.2. The Bertz CT molecular complexity index is 192. The molecule has 0 aliphatic heterocycles. The second kappa shape index (κ2) is 5.32. The third kappa shape index (κ3) is 3.27. The summed E-state index contributed by atoms with van der Waals surface area (Å²) in [6.07, 6.45) is 2.59. The predicted octanol–water partition coefficient (Wildman–Crippen LogP) is 0.298. The van der Waals surface area contributed by atoms with E-state index in [4.69, 9.17) is 0 Å². The Labute approximate surface area is 84.6 Å². The Hall–Kier alpha value is -0.610. The molecule has 1 aliphatic carbocycles. The molecule has 1 rings (SSSR count). The quantitative estimate of drug-likeness (QED) is 0.607. The van der Waals surface area contributed by atoms with Gasteiger partial charge in [0.15, 0.2) is 0 Å². The molecular weight excluding hydrogens is 182 g/mol. The fourth-order valence-corrected chi connectivity index (χ4v) is 1.45. The number of carbonyl (C=O) groups is 1. The molecule has 2 unspecified atom stereocenters. The van der Waals surface area contributed by atoms with Crippen molar-refractivity contribution in [1.82, 2.24) is 5.32 Å². The van der Waals surface area contributed by atoms with Crippen LogP contribution in [-0.2, 0) is 9.53 Å². The first-order chi connectivity index (χ1) is 6.69. The summed E-state index contributed by atoms with van der Waals surface area (Å²) in [5.74, 6) is 0.188.